The molecule has 1 aromatic rings. The average Bonchev–Trinajstić information content (AvgIpc) is 2.30. The zero-order chi connectivity index (χ0) is 14.4. The number of carboxylic acids is 1. The van der Waals surface area contributed by atoms with Crippen molar-refractivity contribution in [3.8, 4) is 0 Å². The number of anilines is 2. The molecule has 0 spiro atoms. The lowest BCUT2D eigenvalue weighted by Gasteiger charge is -2.07. The Kier molecular flexibility index (Phi) is 4.76. The van der Waals surface area contributed by atoms with Gasteiger partial charge in [0.2, 0.25) is 11.8 Å². The zero-order valence-electron chi connectivity index (χ0n) is 9.94. The van der Waals surface area contributed by atoms with E-state index in [1.54, 1.807) is 0 Å². The van der Waals surface area contributed by atoms with Gasteiger partial charge in [0.15, 0.2) is 0 Å². The Hall–Kier alpha value is -2.70. The molecule has 100 valence electrons. The maximum Gasteiger partial charge on any atom is 0.328 e. The number of amides is 2. The van der Waals surface area contributed by atoms with Gasteiger partial charge in [0.1, 0.15) is 5.82 Å². The van der Waals surface area contributed by atoms with Crippen molar-refractivity contribution < 1.29 is 23.9 Å². The molecule has 0 aliphatic rings. The Balaban J connectivity index is 2.82. The van der Waals surface area contributed by atoms with Crippen LogP contribution in [0.1, 0.15) is 6.92 Å². The van der Waals surface area contributed by atoms with E-state index in [1.165, 1.54) is 19.1 Å². The molecule has 0 bridgehead atoms. The third kappa shape index (κ3) is 4.99. The van der Waals surface area contributed by atoms with Crippen molar-refractivity contribution in [3.05, 3.63) is 36.2 Å². The maximum atomic E-state index is 13.3. The van der Waals surface area contributed by atoms with Crippen LogP contribution in [-0.2, 0) is 14.4 Å². The molecule has 19 heavy (non-hydrogen) atoms. The minimum absolute atomic E-state index is 0.0764. The molecule has 0 aliphatic heterocycles. The Bertz CT molecular complexity index is 555. The summed E-state index contributed by atoms with van der Waals surface area (Å²) in [6, 6.07) is 3.58. The van der Waals surface area contributed by atoms with Crippen molar-refractivity contribution in [1.29, 1.82) is 0 Å². The first-order chi connectivity index (χ1) is 8.88. The van der Waals surface area contributed by atoms with Gasteiger partial charge in [0.05, 0.1) is 5.69 Å². The topological polar surface area (TPSA) is 95.5 Å². The number of rotatable bonds is 4. The molecule has 3 N–H and O–H groups in total. The van der Waals surface area contributed by atoms with Crippen LogP contribution in [0.2, 0.25) is 0 Å². The lowest BCUT2D eigenvalue weighted by atomic mass is 10.2. The second-order valence-electron chi connectivity index (χ2n) is 3.54. The summed E-state index contributed by atoms with van der Waals surface area (Å²) in [6.45, 7) is 1.22. The van der Waals surface area contributed by atoms with E-state index in [1.807, 2.05) is 0 Å². The molecule has 0 radical (unpaired) electrons. The third-order valence-electron chi connectivity index (χ3n) is 1.92. The van der Waals surface area contributed by atoms with E-state index in [9.17, 15) is 18.8 Å². The SMILES string of the molecule is CC(=O)Nc1cc(NC(=O)/C=C/C(=O)O)ccc1F. The smallest absolute Gasteiger partial charge is 0.328 e. The minimum atomic E-state index is -1.26. The second-order valence-corrected chi connectivity index (χ2v) is 3.54. The van der Waals surface area contributed by atoms with Gasteiger partial charge in [0.25, 0.3) is 0 Å². The van der Waals surface area contributed by atoms with Crippen LogP contribution in [0.3, 0.4) is 0 Å². The zero-order valence-corrected chi connectivity index (χ0v) is 9.94. The Labute approximate surface area is 107 Å². The minimum Gasteiger partial charge on any atom is -0.478 e. The quantitative estimate of drug-likeness (QED) is 0.717. The highest BCUT2D eigenvalue weighted by Gasteiger charge is 2.06. The summed E-state index contributed by atoms with van der Waals surface area (Å²) < 4.78 is 13.3. The molecule has 6 nitrogen and oxygen atoms in total. The monoisotopic (exact) mass is 266 g/mol. The van der Waals surface area contributed by atoms with Gasteiger partial charge < -0.3 is 15.7 Å². The lowest BCUT2D eigenvalue weighted by molar-refractivity contribution is -0.131. The van der Waals surface area contributed by atoms with Crippen molar-refractivity contribution in [2.75, 3.05) is 10.6 Å². The summed E-state index contributed by atoms with van der Waals surface area (Å²) in [7, 11) is 0. The van der Waals surface area contributed by atoms with Crippen molar-refractivity contribution in [1.82, 2.24) is 0 Å². The van der Waals surface area contributed by atoms with Crippen LogP contribution in [0.4, 0.5) is 15.8 Å². The fourth-order valence-corrected chi connectivity index (χ4v) is 1.22. The molecule has 0 saturated carbocycles. The molecular weight excluding hydrogens is 255 g/mol. The van der Waals surface area contributed by atoms with Crippen LogP contribution in [-0.4, -0.2) is 22.9 Å². The van der Waals surface area contributed by atoms with Gasteiger partial charge in [-0.2, -0.15) is 0 Å². The summed E-state index contributed by atoms with van der Waals surface area (Å²) in [6.07, 6.45) is 1.50. The van der Waals surface area contributed by atoms with Crippen LogP contribution in [0.15, 0.2) is 30.4 Å². The number of nitrogens with one attached hydrogen (secondary N) is 2. The largest absolute Gasteiger partial charge is 0.478 e. The molecule has 1 rings (SSSR count). The fraction of sp³-hybridized carbons (Fsp3) is 0.0833. The third-order valence-corrected chi connectivity index (χ3v) is 1.92. The van der Waals surface area contributed by atoms with Crippen LogP contribution >= 0.6 is 0 Å². The number of benzene rings is 1. The number of carbonyl (C=O) groups is 3. The highest BCUT2D eigenvalue weighted by atomic mass is 19.1. The molecule has 1 aromatic carbocycles. The molecule has 7 heteroatoms. The van der Waals surface area contributed by atoms with E-state index in [-0.39, 0.29) is 11.4 Å². The number of aliphatic carboxylic acids is 1. The summed E-state index contributed by atoms with van der Waals surface area (Å²) in [5.41, 5.74) is 0.151. The normalized spacial score (nSPS) is 10.2. The van der Waals surface area contributed by atoms with Crippen LogP contribution < -0.4 is 10.6 Å². The maximum absolute atomic E-state index is 13.3. The molecule has 0 aliphatic carbocycles. The van der Waals surface area contributed by atoms with Gasteiger partial charge in [-0.15, -0.1) is 0 Å². The number of hydrogen-bond donors (Lipinski definition) is 3. The van der Waals surface area contributed by atoms with E-state index in [0.717, 1.165) is 12.1 Å². The summed E-state index contributed by atoms with van der Waals surface area (Å²) >= 11 is 0. The predicted molar refractivity (Wildman–Crippen MR) is 66.1 cm³/mol. The first kappa shape index (κ1) is 14.4. The first-order valence-corrected chi connectivity index (χ1v) is 5.17. The highest BCUT2D eigenvalue weighted by Crippen LogP contribution is 2.19. The van der Waals surface area contributed by atoms with Gasteiger partial charge in [-0.1, -0.05) is 0 Å². The molecule has 0 atom stereocenters. The average molecular weight is 266 g/mol. The van der Waals surface area contributed by atoms with Crippen LogP contribution in [0, 0.1) is 5.82 Å². The number of carbonyl (C=O) groups excluding carboxylic acids is 2. The van der Waals surface area contributed by atoms with Crippen LogP contribution in [0.5, 0.6) is 0 Å². The molecular formula is C12H11FN2O4. The van der Waals surface area contributed by atoms with Crippen molar-refractivity contribution in [2.24, 2.45) is 0 Å². The summed E-state index contributed by atoms with van der Waals surface area (Å²) in [5.74, 6) is -3.03. The molecule has 0 heterocycles. The van der Waals surface area contributed by atoms with E-state index in [4.69, 9.17) is 5.11 Å². The molecule has 0 aromatic heterocycles. The van der Waals surface area contributed by atoms with E-state index < -0.39 is 23.6 Å². The number of halogens is 1. The van der Waals surface area contributed by atoms with Crippen molar-refractivity contribution >= 4 is 29.2 Å². The molecule has 0 fully saturated rings. The fourth-order valence-electron chi connectivity index (χ4n) is 1.22. The lowest BCUT2D eigenvalue weighted by Crippen LogP contribution is -2.11. The van der Waals surface area contributed by atoms with Gasteiger partial charge in [0, 0.05) is 24.8 Å². The number of hydrogen-bond acceptors (Lipinski definition) is 3. The summed E-state index contributed by atoms with van der Waals surface area (Å²) in [4.78, 5) is 32.3. The number of carboxylic acid groups (broad SMARTS) is 1. The Morgan fingerprint density at radius 2 is 1.89 bits per heavy atom. The first-order valence-electron chi connectivity index (χ1n) is 5.17. The summed E-state index contributed by atoms with van der Waals surface area (Å²) in [5, 5.41) is 12.9. The molecule has 0 saturated heterocycles. The van der Waals surface area contributed by atoms with Crippen molar-refractivity contribution in [2.45, 2.75) is 6.92 Å². The van der Waals surface area contributed by atoms with Crippen LogP contribution in [0.25, 0.3) is 0 Å². The van der Waals surface area contributed by atoms with Crippen molar-refractivity contribution in [3.63, 3.8) is 0 Å². The Morgan fingerprint density at radius 1 is 1.21 bits per heavy atom. The van der Waals surface area contributed by atoms with Gasteiger partial charge in [-0.05, 0) is 18.2 Å². The van der Waals surface area contributed by atoms with E-state index in [2.05, 4.69) is 10.6 Å². The molecule has 2 amide bonds. The molecule has 0 unspecified atom stereocenters. The predicted octanol–water partition coefficient (Wildman–Crippen LogP) is 1.36. The standard InChI is InChI=1S/C12H11FN2O4/c1-7(16)14-10-6-8(2-3-9(10)13)15-11(17)4-5-12(18)19/h2-6H,1H3,(H,14,16)(H,15,17)(H,18,19)/b5-4+. The van der Waals surface area contributed by atoms with Gasteiger partial charge >= 0.3 is 5.97 Å². The van der Waals surface area contributed by atoms with E-state index in [0.29, 0.717) is 6.08 Å². The van der Waals surface area contributed by atoms with Gasteiger partial charge in [-0.3, -0.25) is 9.59 Å². The van der Waals surface area contributed by atoms with Gasteiger partial charge in [-0.25, -0.2) is 9.18 Å². The highest BCUT2D eigenvalue weighted by molar-refractivity contribution is 6.02. The Morgan fingerprint density at radius 3 is 2.47 bits per heavy atom. The second kappa shape index (κ2) is 6.29. The van der Waals surface area contributed by atoms with E-state index >= 15 is 0 Å².